The van der Waals surface area contributed by atoms with Gasteiger partial charge in [0.25, 0.3) is 0 Å². The zero-order valence-electron chi connectivity index (χ0n) is 10.7. The topological polar surface area (TPSA) is 12.0 Å². The lowest BCUT2D eigenvalue weighted by molar-refractivity contribution is 0.465. The third kappa shape index (κ3) is 3.76. The van der Waals surface area contributed by atoms with Crippen molar-refractivity contribution in [2.45, 2.75) is 46.0 Å². The van der Waals surface area contributed by atoms with Gasteiger partial charge in [0.05, 0.1) is 4.34 Å². The molecule has 0 saturated carbocycles. The molecule has 1 rings (SSSR count). The molecule has 1 aromatic rings. The summed E-state index contributed by atoms with van der Waals surface area (Å²) in [6, 6.07) is 2.23. The summed E-state index contributed by atoms with van der Waals surface area (Å²) in [5.41, 5.74) is 1.43. The average molecular weight is 260 g/mol. The Bertz CT molecular complexity index is 311. The molecule has 0 aliphatic heterocycles. The van der Waals surface area contributed by atoms with Gasteiger partial charge in [-0.15, -0.1) is 11.3 Å². The van der Waals surface area contributed by atoms with E-state index in [-0.39, 0.29) is 5.41 Å². The lowest BCUT2D eigenvalue weighted by atomic mass is 9.87. The molecule has 0 amide bonds. The van der Waals surface area contributed by atoms with Crippen LogP contribution in [0.2, 0.25) is 4.34 Å². The van der Waals surface area contributed by atoms with Crippen molar-refractivity contribution in [3.05, 3.63) is 20.8 Å². The standard InChI is InChI=1S/C13H22ClNS/c1-5-7-15-8-6-13(3,4)11-9-10(2)12(14)16-11/h9,15H,5-8H2,1-4H3. The number of hydrogen-bond acceptors (Lipinski definition) is 2. The molecule has 0 atom stereocenters. The summed E-state index contributed by atoms with van der Waals surface area (Å²) in [6.07, 6.45) is 2.35. The molecule has 1 nitrogen and oxygen atoms in total. The zero-order chi connectivity index (χ0) is 12.2. The first-order valence-electron chi connectivity index (χ1n) is 5.94. The highest BCUT2D eigenvalue weighted by Gasteiger charge is 2.22. The van der Waals surface area contributed by atoms with E-state index in [4.69, 9.17) is 11.6 Å². The van der Waals surface area contributed by atoms with Crippen LogP contribution in [0.3, 0.4) is 0 Å². The third-order valence-electron chi connectivity index (χ3n) is 2.88. The monoisotopic (exact) mass is 259 g/mol. The van der Waals surface area contributed by atoms with Crippen LogP contribution in [0, 0.1) is 6.92 Å². The zero-order valence-corrected chi connectivity index (χ0v) is 12.3. The number of rotatable bonds is 6. The minimum atomic E-state index is 0.226. The van der Waals surface area contributed by atoms with Crippen LogP contribution in [0.5, 0.6) is 0 Å². The highest BCUT2D eigenvalue weighted by atomic mass is 35.5. The fraction of sp³-hybridized carbons (Fsp3) is 0.692. The second-order valence-electron chi connectivity index (χ2n) is 4.95. The van der Waals surface area contributed by atoms with Crippen molar-refractivity contribution < 1.29 is 0 Å². The van der Waals surface area contributed by atoms with Gasteiger partial charge in [-0.05, 0) is 44.5 Å². The van der Waals surface area contributed by atoms with Gasteiger partial charge in [-0.1, -0.05) is 32.4 Å². The largest absolute Gasteiger partial charge is 0.317 e. The fourth-order valence-electron chi connectivity index (χ4n) is 1.62. The fourth-order valence-corrected chi connectivity index (χ4v) is 2.95. The second-order valence-corrected chi connectivity index (χ2v) is 6.61. The van der Waals surface area contributed by atoms with E-state index in [1.165, 1.54) is 16.9 Å². The number of nitrogens with one attached hydrogen (secondary N) is 1. The van der Waals surface area contributed by atoms with E-state index in [0.717, 1.165) is 23.8 Å². The molecule has 16 heavy (non-hydrogen) atoms. The van der Waals surface area contributed by atoms with Crippen molar-refractivity contribution in [3.63, 3.8) is 0 Å². The molecule has 92 valence electrons. The van der Waals surface area contributed by atoms with Gasteiger partial charge in [0.2, 0.25) is 0 Å². The van der Waals surface area contributed by atoms with Crippen molar-refractivity contribution in [1.82, 2.24) is 5.32 Å². The summed E-state index contributed by atoms with van der Waals surface area (Å²) in [4.78, 5) is 1.40. The molecular weight excluding hydrogens is 238 g/mol. The lowest BCUT2D eigenvalue weighted by Gasteiger charge is -2.23. The molecule has 0 radical (unpaired) electrons. The van der Waals surface area contributed by atoms with Crippen LogP contribution in [0.25, 0.3) is 0 Å². The van der Waals surface area contributed by atoms with Crippen LogP contribution in [0.4, 0.5) is 0 Å². The number of hydrogen-bond donors (Lipinski definition) is 1. The molecule has 1 aromatic heterocycles. The minimum Gasteiger partial charge on any atom is -0.317 e. The molecule has 0 fully saturated rings. The molecule has 0 aliphatic rings. The maximum absolute atomic E-state index is 6.12. The van der Waals surface area contributed by atoms with Crippen LogP contribution in [-0.4, -0.2) is 13.1 Å². The van der Waals surface area contributed by atoms with Crippen LogP contribution in [0.1, 0.15) is 44.1 Å². The maximum atomic E-state index is 6.12. The van der Waals surface area contributed by atoms with Gasteiger partial charge in [-0.3, -0.25) is 0 Å². The smallest absolute Gasteiger partial charge is 0.0960 e. The first kappa shape index (κ1) is 14.0. The summed E-state index contributed by atoms with van der Waals surface area (Å²) in [7, 11) is 0. The maximum Gasteiger partial charge on any atom is 0.0960 e. The number of aryl methyl sites for hydroxylation is 1. The Kier molecular flexibility index (Phi) is 5.29. The SMILES string of the molecule is CCCNCCC(C)(C)c1cc(C)c(Cl)s1. The number of thiophene rings is 1. The summed E-state index contributed by atoms with van der Waals surface area (Å²) < 4.78 is 0.935. The predicted octanol–water partition coefficient (Wildman–Crippen LogP) is 4.38. The van der Waals surface area contributed by atoms with Crippen molar-refractivity contribution in [3.8, 4) is 0 Å². The van der Waals surface area contributed by atoms with E-state index in [9.17, 15) is 0 Å². The Hall–Kier alpha value is -0.0500. The van der Waals surface area contributed by atoms with Crippen molar-refractivity contribution in [2.24, 2.45) is 0 Å². The van der Waals surface area contributed by atoms with Crippen LogP contribution in [-0.2, 0) is 5.41 Å². The lowest BCUT2D eigenvalue weighted by Crippen LogP contribution is -2.25. The van der Waals surface area contributed by atoms with E-state index in [2.05, 4.69) is 39.1 Å². The Morgan fingerprint density at radius 1 is 1.38 bits per heavy atom. The van der Waals surface area contributed by atoms with Crippen LogP contribution >= 0.6 is 22.9 Å². The average Bonchev–Trinajstić information content (AvgIpc) is 2.55. The van der Waals surface area contributed by atoms with Crippen LogP contribution < -0.4 is 5.32 Å². The second kappa shape index (κ2) is 6.04. The number of halogens is 1. The first-order chi connectivity index (χ1) is 7.47. The Labute approximate surface area is 108 Å². The van der Waals surface area contributed by atoms with Gasteiger partial charge < -0.3 is 5.32 Å². The minimum absolute atomic E-state index is 0.226. The molecule has 0 spiro atoms. The summed E-state index contributed by atoms with van der Waals surface area (Å²) in [5.74, 6) is 0. The van der Waals surface area contributed by atoms with Crippen LogP contribution in [0.15, 0.2) is 6.07 Å². The van der Waals surface area contributed by atoms with Crippen molar-refractivity contribution >= 4 is 22.9 Å². The molecular formula is C13H22ClNS. The first-order valence-corrected chi connectivity index (χ1v) is 7.14. The van der Waals surface area contributed by atoms with Crippen molar-refractivity contribution in [2.75, 3.05) is 13.1 Å². The molecule has 0 saturated heterocycles. The van der Waals surface area contributed by atoms with E-state index in [0.29, 0.717) is 0 Å². The Morgan fingerprint density at radius 3 is 2.56 bits per heavy atom. The van der Waals surface area contributed by atoms with E-state index in [1.54, 1.807) is 11.3 Å². The quantitative estimate of drug-likeness (QED) is 0.748. The summed E-state index contributed by atoms with van der Waals surface area (Å²) in [6.45, 7) is 11.1. The molecule has 3 heteroatoms. The van der Waals surface area contributed by atoms with Gasteiger partial charge in [0.15, 0.2) is 0 Å². The highest BCUT2D eigenvalue weighted by Crippen LogP contribution is 2.36. The Morgan fingerprint density at radius 2 is 2.06 bits per heavy atom. The third-order valence-corrected chi connectivity index (χ3v) is 4.80. The molecule has 0 bridgehead atoms. The van der Waals surface area contributed by atoms with Gasteiger partial charge in [-0.2, -0.15) is 0 Å². The van der Waals surface area contributed by atoms with Gasteiger partial charge >= 0.3 is 0 Å². The Balaban J connectivity index is 2.55. The molecule has 0 unspecified atom stereocenters. The molecule has 1 N–H and O–H groups in total. The molecule has 1 heterocycles. The summed E-state index contributed by atoms with van der Waals surface area (Å²) >= 11 is 7.84. The van der Waals surface area contributed by atoms with Gasteiger partial charge in [0.1, 0.15) is 0 Å². The van der Waals surface area contributed by atoms with E-state index in [1.807, 2.05) is 0 Å². The van der Waals surface area contributed by atoms with Gasteiger partial charge in [-0.25, -0.2) is 0 Å². The van der Waals surface area contributed by atoms with Crippen molar-refractivity contribution in [1.29, 1.82) is 0 Å². The summed E-state index contributed by atoms with van der Waals surface area (Å²) in [5, 5.41) is 3.45. The normalized spacial score (nSPS) is 12.1. The van der Waals surface area contributed by atoms with E-state index >= 15 is 0 Å². The highest BCUT2D eigenvalue weighted by molar-refractivity contribution is 7.16. The van der Waals surface area contributed by atoms with Gasteiger partial charge in [0, 0.05) is 10.3 Å². The molecule has 0 aliphatic carbocycles. The van der Waals surface area contributed by atoms with E-state index < -0.39 is 0 Å². The predicted molar refractivity (Wildman–Crippen MR) is 74.9 cm³/mol. The molecule has 0 aromatic carbocycles.